The fraction of sp³-hybridized carbons (Fsp3) is 0.467. The lowest BCUT2D eigenvalue weighted by molar-refractivity contribution is -0.928. The molecule has 0 bridgehead atoms. The molecule has 4 nitrogen and oxygen atoms in total. The number of piperidine rings is 1. The first-order valence-electron chi connectivity index (χ1n) is 7.21. The standard InChI is InChI=1S/C15H19N3OS/c1-12-7-3-4-8-13(12)14-16-18(15(20)19-14)11-17-9-5-2-6-10-17/h3-4,7-8H,2,5-6,9-11H2,1H3/p+1. The van der Waals surface area contributed by atoms with Crippen LogP contribution in [-0.2, 0) is 6.67 Å². The highest BCUT2D eigenvalue weighted by Crippen LogP contribution is 2.21. The monoisotopic (exact) mass is 290 g/mol. The van der Waals surface area contributed by atoms with Crippen LogP contribution in [0, 0.1) is 11.8 Å². The van der Waals surface area contributed by atoms with Crippen molar-refractivity contribution in [1.29, 1.82) is 0 Å². The van der Waals surface area contributed by atoms with Gasteiger partial charge in [-0.3, -0.25) is 0 Å². The van der Waals surface area contributed by atoms with Crippen LogP contribution in [0.5, 0.6) is 0 Å². The van der Waals surface area contributed by atoms with Crippen LogP contribution < -0.4 is 4.90 Å². The Hall–Kier alpha value is -1.46. The molecule has 0 atom stereocenters. The van der Waals surface area contributed by atoms with Crippen molar-refractivity contribution in [2.24, 2.45) is 0 Å². The maximum atomic E-state index is 5.68. The maximum absolute atomic E-state index is 5.68. The molecule has 1 aliphatic heterocycles. The number of aryl methyl sites for hydroxylation is 1. The molecule has 0 unspecified atom stereocenters. The van der Waals surface area contributed by atoms with Crippen molar-refractivity contribution >= 4 is 12.2 Å². The van der Waals surface area contributed by atoms with Crippen molar-refractivity contribution in [1.82, 2.24) is 9.78 Å². The molecule has 0 aliphatic carbocycles. The molecule has 1 N–H and O–H groups in total. The van der Waals surface area contributed by atoms with Crippen LogP contribution in [0.3, 0.4) is 0 Å². The van der Waals surface area contributed by atoms with Gasteiger partial charge in [0.1, 0.15) is 0 Å². The number of quaternary nitrogens is 1. The van der Waals surface area contributed by atoms with Gasteiger partial charge < -0.3 is 9.32 Å². The molecule has 3 rings (SSSR count). The summed E-state index contributed by atoms with van der Waals surface area (Å²) in [5.41, 5.74) is 2.17. The number of hydrogen-bond donors (Lipinski definition) is 1. The molecule has 1 fully saturated rings. The molecule has 0 spiro atoms. The Morgan fingerprint density at radius 2 is 2.00 bits per heavy atom. The molecule has 5 heteroatoms. The minimum Gasteiger partial charge on any atom is -0.409 e. The fourth-order valence-electron chi connectivity index (χ4n) is 2.75. The number of hydrogen-bond acceptors (Lipinski definition) is 3. The Bertz CT molecular complexity index is 641. The van der Waals surface area contributed by atoms with E-state index in [0.717, 1.165) is 17.8 Å². The predicted molar refractivity (Wildman–Crippen MR) is 80.0 cm³/mol. The molecule has 0 saturated carbocycles. The molecule has 1 aromatic carbocycles. The van der Waals surface area contributed by atoms with E-state index >= 15 is 0 Å². The lowest BCUT2D eigenvalue weighted by Crippen LogP contribution is -3.12. The van der Waals surface area contributed by atoms with E-state index in [1.165, 1.54) is 37.3 Å². The molecule has 1 aliphatic rings. The molecule has 0 amide bonds. The Morgan fingerprint density at radius 3 is 2.75 bits per heavy atom. The molecule has 1 aromatic heterocycles. The summed E-state index contributed by atoms with van der Waals surface area (Å²) in [6, 6.07) is 8.09. The minimum absolute atomic E-state index is 0.473. The largest absolute Gasteiger partial charge is 0.409 e. The van der Waals surface area contributed by atoms with Crippen LogP contribution >= 0.6 is 12.2 Å². The Kier molecular flexibility index (Phi) is 3.98. The summed E-state index contributed by atoms with van der Waals surface area (Å²) < 4.78 is 7.51. The van der Waals surface area contributed by atoms with Gasteiger partial charge in [-0.25, -0.2) is 0 Å². The first-order chi connectivity index (χ1) is 9.74. The lowest BCUT2D eigenvalue weighted by Gasteiger charge is -2.22. The van der Waals surface area contributed by atoms with Gasteiger partial charge in [-0.15, -0.1) is 5.10 Å². The predicted octanol–water partition coefficient (Wildman–Crippen LogP) is 2.21. The molecule has 106 valence electrons. The van der Waals surface area contributed by atoms with E-state index in [1.807, 2.05) is 22.9 Å². The average molecular weight is 290 g/mol. The van der Waals surface area contributed by atoms with Crippen LogP contribution in [0.25, 0.3) is 11.5 Å². The lowest BCUT2D eigenvalue weighted by atomic mass is 10.1. The highest BCUT2D eigenvalue weighted by molar-refractivity contribution is 7.71. The van der Waals surface area contributed by atoms with Crippen LogP contribution in [0.15, 0.2) is 28.7 Å². The Labute approximate surface area is 124 Å². The van der Waals surface area contributed by atoms with E-state index in [-0.39, 0.29) is 0 Å². The zero-order valence-electron chi connectivity index (χ0n) is 11.8. The second kappa shape index (κ2) is 5.89. The van der Waals surface area contributed by atoms with Crippen molar-refractivity contribution in [2.75, 3.05) is 13.1 Å². The van der Waals surface area contributed by atoms with Gasteiger partial charge in [0.25, 0.3) is 4.84 Å². The molecular formula is C15H20N3OS+. The van der Waals surface area contributed by atoms with E-state index in [9.17, 15) is 0 Å². The van der Waals surface area contributed by atoms with Gasteiger partial charge in [0.2, 0.25) is 5.89 Å². The van der Waals surface area contributed by atoms with E-state index in [1.54, 1.807) is 0 Å². The third kappa shape index (κ3) is 2.83. The molecule has 2 aromatic rings. The van der Waals surface area contributed by atoms with Gasteiger partial charge in [-0.1, -0.05) is 18.2 Å². The number of rotatable bonds is 3. The Morgan fingerprint density at radius 1 is 1.25 bits per heavy atom. The highest BCUT2D eigenvalue weighted by Gasteiger charge is 2.17. The van der Waals surface area contributed by atoms with Crippen molar-refractivity contribution in [3.63, 3.8) is 0 Å². The van der Waals surface area contributed by atoms with Crippen LogP contribution in [-0.4, -0.2) is 22.9 Å². The van der Waals surface area contributed by atoms with Crippen LogP contribution in [0.1, 0.15) is 24.8 Å². The van der Waals surface area contributed by atoms with E-state index in [2.05, 4.69) is 18.1 Å². The topological polar surface area (TPSA) is 35.4 Å². The van der Waals surface area contributed by atoms with Crippen LogP contribution in [0.2, 0.25) is 0 Å². The number of nitrogens with one attached hydrogen (secondary N) is 1. The zero-order valence-corrected chi connectivity index (χ0v) is 12.6. The second-order valence-electron chi connectivity index (χ2n) is 5.46. The molecule has 0 radical (unpaired) electrons. The normalized spacial score (nSPS) is 16.4. The number of nitrogens with zero attached hydrogens (tertiary/aromatic N) is 2. The SMILES string of the molecule is Cc1ccccc1-c1nn(C[NH+]2CCCCC2)c(=S)o1. The number of benzene rings is 1. The summed E-state index contributed by atoms with van der Waals surface area (Å²) in [6.07, 6.45) is 3.94. The summed E-state index contributed by atoms with van der Waals surface area (Å²) in [7, 11) is 0. The summed E-state index contributed by atoms with van der Waals surface area (Å²) in [4.78, 5) is 2.01. The summed E-state index contributed by atoms with van der Waals surface area (Å²) in [5.74, 6) is 0.629. The molecule has 20 heavy (non-hydrogen) atoms. The molecule has 2 heterocycles. The summed E-state index contributed by atoms with van der Waals surface area (Å²) in [6.45, 7) is 5.28. The fourth-order valence-corrected chi connectivity index (χ4v) is 2.93. The summed E-state index contributed by atoms with van der Waals surface area (Å²) in [5, 5.41) is 4.56. The zero-order chi connectivity index (χ0) is 13.9. The second-order valence-corrected chi connectivity index (χ2v) is 5.81. The summed E-state index contributed by atoms with van der Waals surface area (Å²) >= 11 is 5.31. The van der Waals surface area contributed by atoms with Gasteiger partial charge >= 0.3 is 0 Å². The highest BCUT2D eigenvalue weighted by atomic mass is 32.1. The quantitative estimate of drug-likeness (QED) is 0.880. The first kappa shape index (κ1) is 13.5. The Balaban J connectivity index is 1.84. The van der Waals surface area contributed by atoms with Gasteiger partial charge in [-0.05, 0) is 50.0 Å². The van der Waals surface area contributed by atoms with Gasteiger partial charge in [0.05, 0.1) is 13.1 Å². The van der Waals surface area contributed by atoms with Gasteiger partial charge in [0.15, 0.2) is 6.67 Å². The van der Waals surface area contributed by atoms with Crippen molar-refractivity contribution in [2.45, 2.75) is 32.9 Å². The van der Waals surface area contributed by atoms with Crippen LogP contribution in [0.4, 0.5) is 0 Å². The smallest absolute Gasteiger partial charge is 0.292 e. The maximum Gasteiger partial charge on any atom is 0.292 e. The van der Waals surface area contributed by atoms with E-state index in [0.29, 0.717) is 10.7 Å². The van der Waals surface area contributed by atoms with E-state index < -0.39 is 0 Å². The van der Waals surface area contributed by atoms with Gasteiger partial charge in [0, 0.05) is 5.56 Å². The van der Waals surface area contributed by atoms with Crippen molar-refractivity contribution in [3.8, 4) is 11.5 Å². The third-order valence-electron chi connectivity index (χ3n) is 3.92. The molecule has 1 saturated heterocycles. The first-order valence-corrected chi connectivity index (χ1v) is 7.62. The van der Waals surface area contributed by atoms with Gasteiger partial charge in [-0.2, -0.15) is 4.68 Å². The number of aromatic nitrogens is 2. The van der Waals surface area contributed by atoms with E-state index in [4.69, 9.17) is 16.6 Å². The molecular weight excluding hydrogens is 270 g/mol. The number of likely N-dealkylation sites (tertiary alicyclic amines) is 1. The van der Waals surface area contributed by atoms with Crippen molar-refractivity contribution < 1.29 is 9.32 Å². The minimum atomic E-state index is 0.473. The van der Waals surface area contributed by atoms with Crippen molar-refractivity contribution in [3.05, 3.63) is 34.7 Å². The third-order valence-corrected chi connectivity index (χ3v) is 4.21. The average Bonchev–Trinajstić information content (AvgIpc) is 2.81.